The van der Waals surface area contributed by atoms with E-state index < -0.39 is 0 Å². The van der Waals surface area contributed by atoms with Gasteiger partial charge in [-0.25, -0.2) is 0 Å². The van der Waals surface area contributed by atoms with Crippen LogP contribution in [0.4, 0.5) is 0 Å². The average Bonchev–Trinajstić information content (AvgIpc) is 2.83. The highest BCUT2D eigenvalue weighted by Crippen LogP contribution is 2.19. The summed E-state index contributed by atoms with van der Waals surface area (Å²) >= 11 is 0. The molecule has 1 aromatic heterocycles. The van der Waals surface area contributed by atoms with Crippen LogP contribution in [0.1, 0.15) is 30.3 Å². The molecule has 0 bridgehead atoms. The van der Waals surface area contributed by atoms with Crippen molar-refractivity contribution in [1.29, 1.82) is 0 Å². The Morgan fingerprint density at radius 2 is 2.44 bits per heavy atom. The number of carbonyl (C=O) groups excluding carboxylic acids is 1. The first-order valence-electron chi connectivity index (χ1n) is 6.15. The summed E-state index contributed by atoms with van der Waals surface area (Å²) < 4.78 is 1.58. The minimum absolute atomic E-state index is 0.00885. The van der Waals surface area contributed by atoms with Gasteiger partial charge in [-0.3, -0.25) is 9.48 Å². The molecule has 2 rings (SSSR count). The van der Waals surface area contributed by atoms with Crippen molar-refractivity contribution in [3.63, 3.8) is 0 Å². The zero-order valence-electron chi connectivity index (χ0n) is 10.7. The van der Waals surface area contributed by atoms with Crippen LogP contribution in [0.5, 0.6) is 0 Å². The number of hydrogen-bond donors (Lipinski definition) is 1. The van der Waals surface area contributed by atoms with Gasteiger partial charge in [0.05, 0.1) is 5.71 Å². The number of amides is 1. The Labute approximate surface area is 106 Å². The summed E-state index contributed by atoms with van der Waals surface area (Å²) in [6.45, 7) is 3.24. The fourth-order valence-corrected chi connectivity index (χ4v) is 2.34. The number of rotatable bonds is 2. The second kappa shape index (κ2) is 5.20. The van der Waals surface area contributed by atoms with Crippen molar-refractivity contribution in [3.05, 3.63) is 18.0 Å². The zero-order chi connectivity index (χ0) is 13.1. The Hall–Kier alpha value is -1.85. The summed E-state index contributed by atoms with van der Waals surface area (Å²) in [6, 6.07) is 1.72. The van der Waals surface area contributed by atoms with Crippen LogP contribution in [-0.4, -0.2) is 44.6 Å². The molecule has 1 aromatic rings. The van der Waals surface area contributed by atoms with Crippen molar-refractivity contribution in [3.8, 4) is 0 Å². The summed E-state index contributed by atoms with van der Waals surface area (Å²) in [5.41, 5.74) is 1.39. The lowest BCUT2D eigenvalue weighted by atomic mass is 9.93. The molecule has 1 fully saturated rings. The van der Waals surface area contributed by atoms with Crippen LogP contribution in [0.2, 0.25) is 0 Å². The van der Waals surface area contributed by atoms with Gasteiger partial charge < -0.3 is 10.1 Å². The third-order valence-electron chi connectivity index (χ3n) is 3.50. The molecule has 18 heavy (non-hydrogen) atoms. The summed E-state index contributed by atoms with van der Waals surface area (Å²) in [4.78, 5) is 14.1. The second-order valence-corrected chi connectivity index (χ2v) is 4.54. The number of hydrogen-bond acceptors (Lipinski definition) is 4. The molecule has 1 atom stereocenters. The number of oxime groups is 1. The van der Waals surface area contributed by atoms with E-state index in [0.29, 0.717) is 25.2 Å². The number of aromatic nitrogens is 2. The van der Waals surface area contributed by atoms with Crippen LogP contribution in [0.25, 0.3) is 0 Å². The first kappa shape index (κ1) is 12.6. The SMILES string of the molecule is CCC1CN(C(=O)c2ccnn2C)CCC1=NO. The molecule has 1 aliphatic heterocycles. The van der Waals surface area contributed by atoms with Gasteiger partial charge in [0.15, 0.2) is 0 Å². The fourth-order valence-electron chi connectivity index (χ4n) is 2.34. The number of carbonyl (C=O) groups is 1. The highest BCUT2D eigenvalue weighted by atomic mass is 16.4. The quantitative estimate of drug-likeness (QED) is 0.631. The van der Waals surface area contributed by atoms with Crippen LogP contribution in [0, 0.1) is 5.92 Å². The maximum Gasteiger partial charge on any atom is 0.272 e. The normalized spacial score (nSPS) is 22.4. The Kier molecular flexibility index (Phi) is 3.64. The van der Waals surface area contributed by atoms with Gasteiger partial charge in [-0.05, 0) is 12.5 Å². The first-order valence-corrected chi connectivity index (χ1v) is 6.15. The zero-order valence-corrected chi connectivity index (χ0v) is 10.7. The van der Waals surface area contributed by atoms with E-state index in [2.05, 4.69) is 10.3 Å². The molecule has 0 spiro atoms. The van der Waals surface area contributed by atoms with Crippen LogP contribution >= 0.6 is 0 Å². The van der Waals surface area contributed by atoms with Crippen molar-refractivity contribution in [2.75, 3.05) is 13.1 Å². The highest BCUT2D eigenvalue weighted by Gasteiger charge is 2.29. The first-order chi connectivity index (χ1) is 8.67. The van der Waals surface area contributed by atoms with E-state index in [1.165, 1.54) is 0 Å². The molecular formula is C12H18N4O2. The van der Waals surface area contributed by atoms with Crippen LogP contribution in [0.3, 0.4) is 0 Å². The predicted octanol–water partition coefficient (Wildman–Crippen LogP) is 1.12. The number of nitrogens with zero attached hydrogens (tertiary/aromatic N) is 4. The van der Waals surface area contributed by atoms with Gasteiger partial charge in [0.1, 0.15) is 5.69 Å². The number of likely N-dealkylation sites (tertiary alicyclic amines) is 1. The maximum atomic E-state index is 12.3. The monoisotopic (exact) mass is 250 g/mol. The van der Waals surface area contributed by atoms with Gasteiger partial charge >= 0.3 is 0 Å². The average molecular weight is 250 g/mol. The predicted molar refractivity (Wildman–Crippen MR) is 66.7 cm³/mol. The summed E-state index contributed by atoms with van der Waals surface area (Å²) in [6.07, 6.45) is 3.13. The van der Waals surface area contributed by atoms with E-state index >= 15 is 0 Å². The third kappa shape index (κ3) is 2.23. The van der Waals surface area contributed by atoms with E-state index in [1.807, 2.05) is 6.92 Å². The van der Waals surface area contributed by atoms with E-state index in [0.717, 1.165) is 12.1 Å². The molecule has 98 valence electrons. The molecule has 1 amide bonds. The van der Waals surface area contributed by atoms with Crippen LogP contribution < -0.4 is 0 Å². The van der Waals surface area contributed by atoms with Crippen LogP contribution in [0.15, 0.2) is 17.4 Å². The third-order valence-corrected chi connectivity index (χ3v) is 3.50. The summed E-state index contributed by atoms with van der Waals surface area (Å²) in [7, 11) is 1.76. The van der Waals surface area contributed by atoms with Gasteiger partial charge in [0.2, 0.25) is 0 Å². The standard InChI is InChI=1S/C12H18N4O2/c1-3-9-8-16(7-5-10(9)14-18)12(17)11-4-6-13-15(11)2/h4,6,9,18H,3,5,7-8H2,1-2H3. The summed E-state index contributed by atoms with van der Waals surface area (Å²) in [5.74, 6) is 0.145. The maximum absolute atomic E-state index is 12.3. The lowest BCUT2D eigenvalue weighted by Crippen LogP contribution is -2.44. The molecule has 6 heteroatoms. The molecule has 0 saturated carbocycles. The highest BCUT2D eigenvalue weighted by molar-refractivity contribution is 5.95. The van der Waals surface area contributed by atoms with Crippen molar-refractivity contribution < 1.29 is 10.0 Å². The molecule has 1 aliphatic rings. The van der Waals surface area contributed by atoms with Gasteiger partial charge in [0, 0.05) is 38.7 Å². The summed E-state index contributed by atoms with van der Waals surface area (Å²) in [5, 5.41) is 16.3. The lowest BCUT2D eigenvalue weighted by Gasteiger charge is -2.32. The fraction of sp³-hybridized carbons (Fsp3) is 0.583. The molecule has 0 aliphatic carbocycles. The Morgan fingerprint density at radius 1 is 1.67 bits per heavy atom. The Balaban J connectivity index is 2.12. The van der Waals surface area contributed by atoms with E-state index in [-0.39, 0.29) is 11.8 Å². The minimum Gasteiger partial charge on any atom is -0.411 e. The van der Waals surface area contributed by atoms with E-state index in [9.17, 15) is 4.79 Å². The molecule has 1 N–H and O–H groups in total. The second-order valence-electron chi connectivity index (χ2n) is 4.54. The smallest absolute Gasteiger partial charge is 0.272 e. The lowest BCUT2D eigenvalue weighted by molar-refractivity contribution is 0.0718. The van der Waals surface area contributed by atoms with E-state index in [4.69, 9.17) is 5.21 Å². The molecule has 1 saturated heterocycles. The van der Waals surface area contributed by atoms with Gasteiger partial charge in [-0.15, -0.1) is 0 Å². The number of aryl methyl sites for hydroxylation is 1. The molecule has 0 radical (unpaired) electrons. The Bertz CT molecular complexity index is 466. The van der Waals surface area contributed by atoms with Gasteiger partial charge in [0.25, 0.3) is 5.91 Å². The topological polar surface area (TPSA) is 70.7 Å². The van der Waals surface area contributed by atoms with Gasteiger partial charge in [-0.2, -0.15) is 5.10 Å². The van der Waals surface area contributed by atoms with E-state index in [1.54, 1.807) is 28.9 Å². The molecule has 1 unspecified atom stereocenters. The molecule has 2 heterocycles. The Morgan fingerprint density at radius 3 is 3.00 bits per heavy atom. The van der Waals surface area contributed by atoms with Gasteiger partial charge in [-0.1, -0.05) is 12.1 Å². The van der Waals surface area contributed by atoms with Crippen molar-refractivity contribution in [1.82, 2.24) is 14.7 Å². The van der Waals surface area contributed by atoms with Crippen molar-refractivity contribution in [2.45, 2.75) is 19.8 Å². The minimum atomic E-state index is -0.00885. The molecule has 0 aromatic carbocycles. The largest absolute Gasteiger partial charge is 0.411 e. The van der Waals surface area contributed by atoms with Crippen molar-refractivity contribution >= 4 is 11.6 Å². The molecular weight excluding hydrogens is 232 g/mol. The van der Waals surface area contributed by atoms with Crippen LogP contribution in [-0.2, 0) is 7.05 Å². The number of piperidine rings is 1. The molecule has 6 nitrogen and oxygen atoms in total. The van der Waals surface area contributed by atoms with Crippen molar-refractivity contribution in [2.24, 2.45) is 18.1 Å².